The van der Waals surface area contributed by atoms with Gasteiger partial charge < -0.3 is 14.9 Å². The van der Waals surface area contributed by atoms with Gasteiger partial charge in [0.25, 0.3) is 5.91 Å². The fourth-order valence-electron chi connectivity index (χ4n) is 2.95. The molecule has 0 aliphatic carbocycles. The van der Waals surface area contributed by atoms with Crippen LogP contribution in [0.15, 0.2) is 48.8 Å². The smallest absolute Gasteiger partial charge is 0.272 e. The van der Waals surface area contributed by atoms with Crippen molar-refractivity contribution in [2.24, 2.45) is 0 Å². The maximum Gasteiger partial charge on any atom is 0.272 e. The Labute approximate surface area is 150 Å². The molecule has 0 saturated carbocycles. The van der Waals surface area contributed by atoms with Crippen LogP contribution in [-0.2, 0) is 0 Å². The van der Waals surface area contributed by atoms with Crippen molar-refractivity contribution < 1.29 is 9.90 Å². The average molecular weight is 350 g/mol. The Morgan fingerprint density at radius 1 is 1.04 bits per heavy atom. The lowest BCUT2D eigenvalue weighted by Gasteiger charge is -2.34. The van der Waals surface area contributed by atoms with E-state index in [1.54, 1.807) is 53.7 Å². The minimum Gasteiger partial charge on any atom is -0.508 e. The van der Waals surface area contributed by atoms with E-state index in [9.17, 15) is 9.90 Å². The maximum atomic E-state index is 12.7. The normalized spacial score (nSPS) is 14.5. The fraction of sp³-hybridized carbons (Fsp3) is 0.222. The third kappa shape index (κ3) is 3.21. The highest BCUT2D eigenvalue weighted by Crippen LogP contribution is 2.21. The molecule has 1 aliphatic heterocycles. The molecule has 0 spiro atoms. The van der Waals surface area contributed by atoms with Crippen LogP contribution in [0.3, 0.4) is 0 Å². The first-order valence-electron chi connectivity index (χ1n) is 8.37. The second-order valence-electron chi connectivity index (χ2n) is 6.04. The number of carbonyl (C=O) groups excluding carboxylic acids is 1. The van der Waals surface area contributed by atoms with Crippen molar-refractivity contribution >= 4 is 11.9 Å². The zero-order chi connectivity index (χ0) is 17.9. The Morgan fingerprint density at radius 2 is 1.73 bits per heavy atom. The molecule has 1 fully saturated rings. The van der Waals surface area contributed by atoms with Gasteiger partial charge in [0.15, 0.2) is 0 Å². The van der Waals surface area contributed by atoms with Crippen LogP contribution >= 0.6 is 0 Å². The van der Waals surface area contributed by atoms with Crippen molar-refractivity contribution in [2.75, 3.05) is 31.1 Å². The lowest BCUT2D eigenvalue weighted by Crippen LogP contribution is -2.49. The first kappa shape index (κ1) is 16.1. The van der Waals surface area contributed by atoms with Crippen LogP contribution in [0.4, 0.5) is 5.95 Å². The summed E-state index contributed by atoms with van der Waals surface area (Å²) >= 11 is 0. The molecule has 0 radical (unpaired) electrons. The predicted octanol–water partition coefficient (Wildman–Crippen LogP) is 1.53. The van der Waals surface area contributed by atoms with Gasteiger partial charge in [-0.05, 0) is 36.4 Å². The number of amides is 1. The summed E-state index contributed by atoms with van der Waals surface area (Å²) < 4.78 is 0. The molecule has 8 heteroatoms. The van der Waals surface area contributed by atoms with E-state index in [1.165, 1.54) is 0 Å². The van der Waals surface area contributed by atoms with E-state index >= 15 is 0 Å². The molecule has 3 aromatic rings. The van der Waals surface area contributed by atoms with Crippen molar-refractivity contribution in [1.82, 2.24) is 25.1 Å². The number of H-pyrrole nitrogens is 1. The number of nitrogens with zero attached hydrogens (tertiary/aromatic N) is 5. The third-order valence-corrected chi connectivity index (χ3v) is 4.37. The number of aromatic amines is 1. The number of nitrogens with one attached hydrogen (secondary N) is 1. The van der Waals surface area contributed by atoms with Gasteiger partial charge in [0.05, 0.1) is 5.69 Å². The first-order valence-corrected chi connectivity index (χ1v) is 8.37. The molecule has 1 aliphatic rings. The van der Waals surface area contributed by atoms with Gasteiger partial charge in [0.2, 0.25) is 5.95 Å². The SMILES string of the molecule is O=C(c1cc(-c2ccc(O)cc2)n[nH]1)N1CCN(c2ncccn2)CC1. The van der Waals surface area contributed by atoms with Gasteiger partial charge in [-0.1, -0.05) is 0 Å². The third-order valence-electron chi connectivity index (χ3n) is 4.37. The maximum absolute atomic E-state index is 12.7. The molecule has 8 nitrogen and oxygen atoms in total. The van der Waals surface area contributed by atoms with Crippen molar-refractivity contribution in [1.29, 1.82) is 0 Å². The molecule has 132 valence electrons. The van der Waals surface area contributed by atoms with Gasteiger partial charge in [0, 0.05) is 44.1 Å². The number of aromatic hydroxyl groups is 1. The Hall–Kier alpha value is -3.42. The minimum absolute atomic E-state index is 0.0730. The summed E-state index contributed by atoms with van der Waals surface area (Å²) in [4.78, 5) is 25.1. The summed E-state index contributed by atoms with van der Waals surface area (Å²) in [6.45, 7) is 2.58. The highest BCUT2D eigenvalue weighted by molar-refractivity contribution is 5.93. The van der Waals surface area contributed by atoms with E-state index in [-0.39, 0.29) is 11.7 Å². The standard InChI is InChI=1S/C18H18N6O2/c25-14-4-2-13(3-5-14)15-12-16(22-21-15)17(26)23-8-10-24(11-9-23)18-19-6-1-7-20-18/h1-7,12,25H,8-11H2,(H,21,22). The second kappa shape index (κ2) is 6.83. The van der Waals surface area contributed by atoms with E-state index < -0.39 is 0 Å². The van der Waals surface area contributed by atoms with Crippen molar-refractivity contribution in [2.45, 2.75) is 0 Å². The van der Waals surface area contributed by atoms with E-state index in [1.807, 2.05) is 0 Å². The molecule has 1 saturated heterocycles. The molecule has 2 N–H and O–H groups in total. The van der Waals surface area contributed by atoms with Gasteiger partial charge in [-0.2, -0.15) is 5.10 Å². The molecular formula is C18H18N6O2. The average Bonchev–Trinajstić information content (AvgIpc) is 3.19. The summed E-state index contributed by atoms with van der Waals surface area (Å²) in [5.74, 6) is 0.813. The number of aromatic nitrogens is 4. The van der Waals surface area contributed by atoms with Gasteiger partial charge in [-0.15, -0.1) is 0 Å². The number of carbonyl (C=O) groups is 1. The van der Waals surface area contributed by atoms with Gasteiger partial charge in [-0.3, -0.25) is 9.89 Å². The topological polar surface area (TPSA) is 98.2 Å². The quantitative estimate of drug-likeness (QED) is 0.743. The van der Waals surface area contributed by atoms with Crippen LogP contribution < -0.4 is 4.90 Å². The van der Waals surface area contributed by atoms with Crippen molar-refractivity contribution in [3.8, 4) is 17.0 Å². The van der Waals surface area contributed by atoms with Crippen LogP contribution in [0.1, 0.15) is 10.5 Å². The fourth-order valence-corrected chi connectivity index (χ4v) is 2.95. The van der Waals surface area contributed by atoms with E-state index in [0.717, 1.165) is 5.56 Å². The Bertz CT molecular complexity index is 886. The van der Waals surface area contributed by atoms with Crippen molar-refractivity contribution in [3.63, 3.8) is 0 Å². The number of anilines is 1. The highest BCUT2D eigenvalue weighted by Gasteiger charge is 2.24. The molecule has 1 amide bonds. The first-order chi connectivity index (χ1) is 12.7. The Morgan fingerprint density at radius 3 is 2.42 bits per heavy atom. The summed E-state index contributed by atoms with van der Waals surface area (Å²) in [7, 11) is 0. The molecular weight excluding hydrogens is 332 g/mol. The largest absolute Gasteiger partial charge is 0.508 e. The molecule has 0 unspecified atom stereocenters. The molecule has 2 aromatic heterocycles. The number of phenols is 1. The zero-order valence-electron chi connectivity index (χ0n) is 14.0. The van der Waals surface area contributed by atoms with E-state index in [2.05, 4.69) is 25.1 Å². The molecule has 0 atom stereocenters. The molecule has 4 rings (SSSR count). The monoisotopic (exact) mass is 350 g/mol. The minimum atomic E-state index is -0.0730. The summed E-state index contributed by atoms with van der Waals surface area (Å²) in [5, 5.41) is 16.4. The number of piperazine rings is 1. The molecule has 3 heterocycles. The number of benzene rings is 1. The highest BCUT2D eigenvalue weighted by atomic mass is 16.3. The van der Waals surface area contributed by atoms with Gasteiger partial charge in [0.1, 0.15) is 11.4 Å². The molecule has 26 heavy (non-hydrogen) atoms. The van der Waals surface area contributed by atoms with E-state index in [4.69, 9.17) is 0 Å². The van der Waals surface area contributed by atoms with Gasteiger partial charge in [-0.25, -0.2) is 9.97 Å². The number of hydrogen-bond acceptors (Lipinski definition) is 6. The molecule has 0 bridgehead atoms. The Balaban J connectivity index is 1.42. The number of rotatable bonds is 3. The van der Waals surface area contributed by atoms with Crippen LogP contribution in [0.2, 0.25) is 0 Å². The van der Waals surface area contributed by atoms with Crippen LogP contribution in [0.25, 0.3) is 11.3 Å². The lowest BCUT2D eigenvalue weighted by molar-refractivity contribution is 0.0740. The second-order valence-corrected chi connectivity index (χ2v) is 6.04. The van der Waals surface area contributed by atoms with Crippen LogP contribution in [0.5, 0.6) is 5.75 Å². The van der Waals surface area contributed by atoms with Crippen molar-refractivity contribution in [3.05, 3.63) is 54.5 Å². The molecule has 1 aromatic carbocycles. The lowest BCUT2D eigenvalue weighted by atomic mass is 10.1. The number of hydrogen-bond donors (Lipinski definition) is 2. The predicted molar refractivity (Wildman–Crippen MR) is 95.8 cm³/mol. The summed E-state index contributed by atoms with van der Waals surface area (Å²) in [6, 6.07) is 10.2. The number of phenolic OH excluding ortho intramolecular Hbond substituents is 1. The zero-order valence-corrected chi connectivity index (χ0v) is 14.0. The van der Waals surface area contributed by atoms with Crippen LogP contribution in [0, 0.1) is 0 Å². The Kier molecular flexibility index (Phi) is 4.22. The summed E-state index contributed by atoms with van der Waals surface area (Å²) in [6.07, 6.45) is 3.44. The van der Waals surface area contributed by atoms with Crippen LogP contribution in [-0.4, -0.2) is 62.3 Å². The van der Waals surface area contributed by atoms with E-state index in [0.29, 0.717) is 43.5 Å². The summed E-state index contributed by atoms with van der Waals surface area (Å²) in [5.41, 5.74) is 1.96. The van der Waals surface area contributed by atoms with Gasteiger partial charge >= 0.3 is 0 Å².